The van der Waals surface area contributed by atoms with E-state index in [1.807, 2.05) is 0 Å². The number of aromatic nitrogens is 1. The Morgan fingerprint density at radius 3 is 2.71 bits per heavy atom. The van der Waals surface area contributed by atoms with Gasteiger partial charge in [0.25, 0.3) is 0 Å². The monoisotopic (exact) mass is 488 g/mol. The highest BCUT2D eigenvalue weighted by atomic mass is 35.5. The van der Waals surface area contributed by atoms with E-state index in [1.54, 1.807) is 30.3 Å². The second-order valence-corrected chi connectivity index (χ2v) is 7.56. The van der Waals surface area contributed by atoms with Crippen LogP contribution in [0.15, 0.2) is 48.7 Å². The number of carbonyl (C=O) groups excluding carboxylic acids is 3. The first-order valence-corrected chi connectivity index (χ1v) is 10.5. The molecule has 3 amide bonds. The molecule has 0 saturated carbocycles. The fourth-order valence-corrected chi connectivity index (χ4v) is 3.16. The maximum Gasteiger partial charge on any atom is 0.412 e. The van der Waals surface area contributed by atoms with Crippen molar-refractivity contribution >= 4 is 46.3 Å². The zero-order valence-corrected chi connectivity index (χ0v) is 19.2. The first-order valence-electron chi connectivity index (χ1n) is 10.1. The van der Waals surface area contributed by atoms with Crippen molar-refractivity contribution < 1.29 is 28.2 Å². The number of nitrogens with one attached hydrogen (secondary N) is 2. The summed E-state index contributed by atoms with van der Waals surface area (Å²) in [7, 11) is 2.83. The van der Waals surface area contributed by atoms with Crippen LogP contribution in [-0.2, 0) is 16.0 Å². The summed E-state index contributed by atoms with van der Waals surface area (Å²) in [5.74, 6) is -0.751. The number of carbonyl (C=O) groups is 3. The molecule has 1 heterocycles. The molecule has 0 radical (unpaired) electrons. The largest absolute Gasteiger partial charge is 0.465 e. The van der Waals surface area contributed by atoms with Crippen LogP contribution in [0.4, 0.5) is 19.8 Å². The molecule has 0 aliphatic heterocycles. The number of halogens is 2. The van der Waals surface area contributed by atoms with Crippen molar-refractivity contribution in [2.24, 2.45) is 0 Å². The van der Waals surface area contributed by atoms with Gasteiger partial charge in [-0.3, -0.25) is 5.32 Å². The Morgan fingerprint density at radius 2 is 1.94 bits per heavy atom. The first kappa shape index (κ1) is 24.7. The zero-order valence-electron chi connectivity index (χ0n) is 18.4. The molecule has 3 aromatic rings. The summed E-state index contributed by atoms with van der Waals surface area (Å²) in [6, 6.07) is 10.5. The number of amides is 3. The highest BCUT2D eigenvalue weighted by Crippen LogP contribution is 2.20. The van der Waals surface area contributed by atoms with Gasteiger partial charge in [0.2, 0.25) is 0 Å². The van der Waals surface area contributed by atoms with Crippen molar-refractivity contribution in [2.75, 3.05) is 32.6 Å². The van der Waals surface area contributed by atoms with Crippen LogP contribution >= 0.6 is 11.6 Å². The van der Waals surface area contributed by atoms with Gasteiger partial charge in [0, 0.05) is 25.2 Å². The molecule has 0 spiro atoms. The summed E-state index contributed by atoms with van der Waals surface area (Å²) >= 11 is 5.87. The van der Waals surface area contributed by atoms with Crippen LogP contribution in [0.25, 0.3) is 10.8 Å². The minimum atomic E-state index is -0.738. The lowest BCUT2D eigenvalue weighted by Gasteiger charge is -2.18. The minimum absolute atomic E-state index is 0.0448. The number of nitrogens with zero attached hydrogens (tertiary/aromatic N) is 2. The fraction of sp³-hybridized carbons (Fsp3) is 0.217. The highest BCUT2D eigenvalue weighted by molar-refractivity contribution is 6.31. The number of hydrogen-bond acceptors (Lipinski definition) is 6. The third-order valence-corrected chi connectivity index (χ3v) is 5.26. The Bertz CT molecular complexity index is 1220. The SMILES string of the molecule is COC(=O)c1ccc2cc(NC(=O)OCCN(C)C(=O)NCc3cccc(F)c3Cl)ncc2c1. The first-order chi connectivity index (χ1) is 16.3. The molecule has 0 saturated heterocycles. The van der Waals surface area contributed by atoms with Crippen molar-refractivity contribution in [3.63, 3.8) is 0 Å². The second-order valence-electron chi connectivity index (χ2n) is 7.18. The molecule has 2 N–H and O–H groups in total. The van der Waals surface area contributed by atoms with E-state index in [4.69, 9.17) is 21.1 Å². The minimum Gasteiger partial charge on any atom is -0.465 e. The van der Waals surface area contributed by atoms with Crippen molar-refractivity contribution in [1.29, 1.82) is 0 Å². The second kappa shape index (κ2) is 11.3. The predicted molar refractivity (Wildman–Crippen MR) is 124 cm³/mol. The van der Waals surface area contributed by atoms with Gasteiger partial charge in [0.05, 0.1) is 24.2 Å². The van der Waals surface area contributed by atoms with Gasteiger partial charge in [-0.05, 0) is 35.2 Å². The van der Waals surface area contributed by atoms with E-state index in [0.29, 0.717) is 16.5 Å². The van der Waals surface area contributed by atoms with Crippen molar-refractivity contribution in [1.82, 2.24) is 15.2 Å². The number of esters is 1. The van der Waals surface area contributed by atoms with Crippen LogP contribution in [0.5, 0.6) is 0 Å². The Labute approximate surface area is 199 Å². The molecular formula is C23H22ClFN4O5. The molecule has 0 bridgehead atoms. The molecular weight excluding hydrogens is 467 g/mol. The molecule has 0 aliphatic rings. The van der Waals surface area contributed by atoms with Gasteiger partial charge in [0.15, 0.2) is 0 Å². The number of benzene rings is 2. The third kappa shape index (κ3) is 6.32. The summed E-state index contributed by atoms with van der Waals surface area (Å²) in [4.78, 5) is 41.3. The Balaban J connectivity index is 1.45. The Kier molecular flexibility index (Phi) is 8.20. The van der Waals surface area contributed by atoms with E-state index in [-0.39, 0.29) is 30.5 Å². The Morgan fingerprint density at radius 1 is 1.15 bits per heavy atom. The summed E-state index contributed by atoms with van der Waals surface area (Å²) in [5.41, 5.74) is 0.840. The average molecular weight is 489 g/mol. The maximum atomic E-state index is 13.5. The summed E-state index contributed by atoms with van der Waals surface area (Å²) in [5, 5.41) is 6.54. The number of rotatable bonds is 7. The molecule has 9 nitrogen and oxygen atoms in total. The van der Waals surface area contributed by atoms with Crippen molar-refractivity contribution in [3.8, 4) is 0 Å². The van der Waals surface area contributed by atoms with Crippen LogP contribution in [0.1, 0.15) is 15.9 Å². The van der Waals surface area contributed by atoms with E-state index < -0.39 is 23.9 Å². The lowest BCUT2D eigenvalue weighted by atomic mass is 10.1. The van der Waals surface area contributed by atoms with E-state index >= 15 is 0 Å². The van der Waals surface area contributed by atoms with Gasteiger partial charge < -0.3 is 19.7 Å². The number of ether oxygens (including phenoxy) is 2. The Hall–Kier alpha value is -3.92. The third-order valence-electron chi connectivity index (χ3n) is 4.84. The molecule has 34 heavy (non-hydrogen) atoms. The number of hydrogen-bond donors (Lipinski definition) is 2. The van der Waals surface area contributed by atoms with Gasteiger partial charge >= 0.3 is 18.1 Å². The van der Waals surface area contributed by atoms with Gasteiger partial charge in [-0.15, -0.1) is 0 Å². The van der Waals surface area contributed by atoms with E-state index in [0.717, 1.165) is 5.39 Å². The normalized spacial score (nSPS) is 10.5. The molecule has 0 fully saturated rings. The van der Waals surface area contributed by atoms with Gasteiger partial charge in [-0.2, -0.15) is 0 Å². The van der Waals surface area contributed by atoms with Crippen LogP contribution in [-0.4, -0.2) is 55.3 Å². The van der Waals surface area contributed by atoms with Crippen molar-refractivity contribution in [3.05, 3.63) is 70.6 Å². The van der Waals surface area contributed by atoms with Crippen LogP contribution in [0.3, 0.4) is 0 Å². The number of fused-ring (bicyclic) bond motifs is 1. The molecule has 0 aliphatic carbocycles. The topological polar surface area (TPSA) is 110 Å². The lowest BCUT2D eigenvalue weighted by Crippen LogP contribution is -2.39. The highest BCUT2D eigenvalue weighted by Gasteiger charge is 2.12. The molecule has 178 valence electrons. The predicted octanol–water partition coefficient (Wildman–Crippen LogP) is 4.20. The number of anilines is 1. The number of likely N-dealkylation sites (N-methyl/N-ethyl adjacent to an activating group) is 1. The van der Waals surface area contributed by atoms with Crippen LogP contribution in [0.2, 0.25) is 5.02 Å². The fourth-order valence-electron chi connectivity index (χ4n) is 2.96. The molecule has 2 aromatic carbocycles. The summed E-state index contributed by atoms with van der Waals surface area (Å²) in [6.07, 6.45) is 0.777. The average Bonchev–Trinajstić information content (AvgIpc) is 2.83. The molecule has 0 atom stereocenters. The standard InChI is InChI=1S/C23H22ClFN4O5/c1-29(22(31)27-12-16-4-3-5-18(25)20(16)24)8-9-34-23(32)28-19-11-14-6-7-15(21(30)33-2)10-17(14)13-26-19/h3-7,10-11,13H,8-9,12H2,1-2H3,(H,27,31)(H,26,28,32). The number of pyridine rings is 1. The lowest BCUT2D eigenvalue weighted by molar-refractivity contribution is 0.0601. The maximum absolute atomic E-state index is 13.5. The van der Waals surface area contributed by atoms with Gasteiger partial charge in [-0.25, -0.2) is 23.8 Å². The molecule has 0 unspecified atom stereocenters. The summed E-state index contributed by atoms with van der Waals surface area (Å²) in [6.45, 7) is 0.111. The quantitative estimate of drug-likeness (QED) is 0.482. The van der Waals surface area contributed by atoms with Crippen LogP contribution < -0.4 is 10.6 Å². The van der Waals surface area contributed by atoms with E-state index in [1.165, 1.54) is 37.4 Å². The van der Waals surface area contributed by atoms with Gasteiger partial charge in [0.1, 0.15) is 18.2 Å². The van der Waals surface area contributed by atoms with Crippen LogP contribution in [0, 0.1) is 5.82 Å². The molecule has 3 rings (SSSR count). The smallest absolute Gasteiger partial charge is 0.412 e. The number of urea groups is 1. The van der Waals surface area contributed by atoms with E-state index in [2.05, 4.69) is 15.6 Å². The zero-order chi connectivity index (χ0) is 24.7. The van der Waals surface area contributed by atoms with E-state index in [9.17, 15) is 18.8 Å². The summed E-state index contributed by atoms with van der Waals surface area (Å²) < 4.78 is 23.3. The van der Waals surface area contributed by atoms with Gasteiger partial charge in [-0.1, -0.05) is 29.8 Å². The number of methoxy groups -OCH3 is 1. The van der Waals surface area contributed by atoms with Crippen molar-refractivity contribution in [2.45, 2.75) is 6.54 Å². The molecule has 11 heteroatoms. The molecule has 1 aromatic heterocycles.